The van der Waals surface area contributed by atoms with Gasteiger partial charge < -0.3 is 16.2 Å². The van der Waals surface area contributed by atoms with Gasteiger partial charge >= 0.3 is 6.18 Å². The fourth-order valence-corrected chi connectivity index (χ4v) is 5.15. The SMILES string of the molecule is CC(C)(O)C(=O)Nc1sc(S(=O)(=O)c2ccc(C#N)cc2C(F)(F)F)cc1C(N)=O. The van der Waals surface area contributed by atoms with Crippen LogP contribution in [0.5, 0.6) is 0 Å². The summed E-state index contributed by atoms with van der Waals surface area (Å²) in [6.45, 7) is 2.26. The van der Waals surface area contributed by atoms with E-state index in [-0.39, 0.29) is 5.00 Å². The number of alkyl halides is 3. The minimum absolute atomic E-state index is 0.299. The molecule has 0 aliphatic heterocycles. The Morgan fingerprint density at radius 1 is 1.23 bits per heavy atom. The first kappa shape index (κ1) is 23.3. The van der Waals surface area contributed by atoms with Crippen molar-refractivity contribution >= 4 is 38.0 Å². The number of thiophene rings is 1. The molecule has 1 heterocycles. The number of nitrogens with two attached hydrogens (primary N) is 1. The van der Waals surface area contributed by atoms with Gasteiger partial charge in [0.25, 0.3) is 11.8 Å². The predicted molar refractivity (Wildman–Crippen MR) is 99.4 cm³/mol. The van der Waals surface area contributed by atoms with Gasteiger partial charge in [-0.25, -0.2) is 8.42 Å². The second kappa shape index (κ2) is 7.71. The molecule has 160 valence electrons. The topological polar surface area (TPSA) is 150 Å². The summed E-state index contributed by atoms with van der Waals surface area (Å²) in [4.78, 5) is 22.5. The molecule has 13 heteroatoms. The number of nitriles is 1. The number of carbonyl (C=O) groups is 2. The molecule has 0 bridgehead atoms. The number of halogens is 3. The Kier molecular flexibility index (Phi) is 5.99. The number of nitrogens with zero attached hydrogens (tertiary/aromatic N) is 1. The molecular weight excluding hydrogens is 447 g/mol. The molecular formula is C17H14F3N3O5S2. The lowest BCUT2D eigenvalue weighted by atomic mass is 10.1. The smallest absolute Gasteiger partial charge is 0.381 e. The molecule has 2 amide bonds. The van der Waals surface area contributed by atoms with Gasteiger partial charge in [-0.15, -0.1) is 11.3 Å². The van der Waals surface area contributed by atoms with Gasteiger partial charge in [-0.3, -0.25) is 9.59 Å². The number of hydrogen-bond acceptors (Lipinski definition) is 7. The van der Waals surface area contributed by atoms with Crippen molar-refractivity contribution in [2.75, 3.05) is 5.32 Å². The first-order chi connectivity index (χ1) is 13.6. The molecule has 4 N–H and O–H groups in total. The molecule has 0 atom stereocenters. The Hall–Kier alpha value is -2.95. The second-order valence-electron chi connectivity index (χ2n) is 6.51. The third kappa shape index (κ3) is 4.61. The molecule has 0 unspecified atom stereocenters. The third-order valence-corrected chi connectivity index (χ3v) is 7.06. The van der Waals surface area contributed by atoms with Crippen LogP contribution in [0, 0.1) is 11.3 Å². The summed E-state index contributed by atoms with van der Waals surface area (Å²) in [5.74, 6) is -2.14. The number of hydrogen-bond donors (Lipinski definition) is 3. The van der Waals surface area contributed by atoms with E-state index in [0.29, 0.717) is 23.5 Å². The van der Waals surface area contributed by atoms with Crippen LogP contribution in [0.2, 0.25) is 0 Å². The average Bonchev–Trinajstić information content (AvgIpc) is 3.04. The molecule has 0 radical (unpaired) electrons. The van der Waals surface area contributed by atoms with E-state index in [2.05, 4.69) is 5.32 Å². The summed E-state index contributed by atoms with van der Waals surface area (Å²) in [7, 11) is -4.82. The molecule has 0 spiro atoms. The normalized spacial score (nSPS) is 12.3. The molecule has 0 fully saturated rings. The third-order valence-electron chi connectivity index (χ3n) is 3.73. The maximum absolute atomic E-state index is 13.4. The number of benzene rings is 1. The van der Waals surface area contributed by atoms with Crippen LogP contribution in [0.4, 0.5) is 18.2 Å². The van der Waals surface area contributed by atoms with Crippen LogP contribution in [-0.2, 0) is 20.8 Å². The Morgan fingerprint density at radius 2 is 1.83 bits per heavy atom. The number of anilines is 1. The van der Waals surface area contributed by atoms with E-state index in [4.69, 9.17) is 11.0 Å². The molecule has 0 aliphatic carbocycles. The van der Waals surface area contributed by atoms with E-state index in [9.17, 15) is 36.3 Å². The molecule has 2 aromatic rings. The van der Waals surface area contributed by atoms with Gasteiger partial charge in [-0.1, -0.05) is 0 Å². The standard InChI is InChI=1S/C17H14F3N3O5S2/c1-16(2,26)15(25)23-14-9(13(22)24)6-12(29-14)30(27,28)11-4-3-8(7-21)5-10(11)17(18,19)20/h3-6,26H,1-2H3,(H2,22,24)(H,23,25). The minimum Gasteiger partial charge on any atom is -0.381 e. The Bertz CT molecular complexity index is 1170. The van der Waals surface area contributed by atoms with Crippen molar-refractivity contribution in [1.29, 1.82) is 5.26 Å². The van der Waals surface area contributed by atoms with Crippen LogP contribution < -0.4 is 11.1 Å². The maximum atomic E-state index is 13.4. The fourth-order valence-electron chi connectivity index (χ4n) is 2.20. The van der Waals surface area contributed by atoms with Crippen LogP contribution in [0.15, 0.2) is 33.4 Å². The lowest BCUT2D eigenvalue weighted by Gasteiger charge is -2.16. The summed E-state index contributed by atoms with van der Waals surface area (Å²) < 4.78 is 65.3. The van der Waals surface area contributed by atoms with Gasteiger partial charge in [0.1, 0.15) is 14.8 Å². The van der Waals surface area contributed by atoms with Gasteiger partial charge in [0.05, 0.1) is 27.7 Å². The Morgan fingerprint density at radius 3 is 2.30 bits per heavy atom. The number of amides is 2. The lowest BCUT2D eigenvalue weighted by molar-refractivity contribution is -0.139. The number of primary amides is 1. The number of carbonyl (C=O) groups excluding carboxylic acids is 2. The fraction of sp³-hybridized carbons (Fsp3) is 0.235. The molecule has 0 saturated heterocycles. The average molecular weight is 461 g/mol. The molecule has 1 aromatic heterocycles. The van der Waals surface area contributed by atoms with Crippen molar-refractivity contribution in [3.63, 3.8) is 0 Å². The van der Waals surface area contributed by atoms with Crippen LogP contribution >= 0.6 is 11.3 Å². The summed E-state index contributed by atoms with van der Waals surface area (Å²) in [5.41, 5.74) is 0.863. The van der Waals surface area contributed by atoms with E-state index in [1.165, 1.54) is 6.07 Å². The highest BCUT2D eigenvalue weighted by molar-refractivity contribution is 7.93. The van der Waals surface area contributed by atoms with Crippen molar-refractivity contribution in [3.05, 3.63) is 41.0 Å². The van der Waals surface area contributed by atoms with Crippen LogP contribution in [0.25, 0.3) is 0 Å². The van der Waals surface area contributed by atoms with Crippen molar-refractivity contribution in [1.82, 2.24) is 0 Å². The largest absolute Gasteiger partial charge is 0.417 e. The van der Waals surface area contributed by atoms with Crippen molar-refractivity contribution < 1.29 is 36.3 Å². The first-order valence-electron chi connectivity index (χ1n) is 7.93. The summed E-state index contributed by atoms with van der Waals surface area (Å²) in [6.07, 6.45) is -5.09. The van der Waals surface area contributed by atoms with Crippen molar-refractivity contribution in [3.8, 4) is 6.07 Å². The van der Waals surface area contributed by atoms with E-state index < -0.39 is 59.2 Å². The van der Waals surface area contributed by atoms with Crippen molar-refractivity contribution in [2.24, 2.45) is 5.73 Å². The predicted octanol–water partition coefficient (Wildman–Crippen LogP) is 2.28. The number of sulfone groups is 1. The molecule has 8 nitrogen and oxygen atoms in total. The number of rotatable bonds is 5. The van der Waals surface area contributed by atoms with Crippen molar-refractivity contribution in [2.45, 2.75) is 34.7 Å². The quantitative estimate of drug-likeness (QED) is 0.622. The first-order valence-corrected chi connectivity index (χ1v) is 10.2. The Balaban J connectivity index is 2.68. The van der Waals surface area contributed by atoms with Crippen LogP contribution in [0.1, 0.15) is 35.3 Å². The highest BCUT2D eigenvalue weighted by Crippen LogP contribution is 2.40. The van der Waals surface area contributed by atoms with Gasteiger partial charge in [0, 0.05) is 0 Å². The summed E-state index contributed by atoms with van der Waals surface area (Å²) >= 11 is 0.299. The number of aliphatic hydroxyl groups is 1. The van der Waals surface area contributed by atoms with E-state index in [0.717, 1.165) is 26.0 Å². The maximum Gasteiger partial charge on any atom is 0.417 e. The highest BCUT2D eigenvalue weighted by atomic mass is 32.2. The van der Waals surface area contributed by atoms with Crippen LogP contribution in [-0.4, -0.2) is 30.9 Å². The highest BCUT2D eigenvalue weighted by Gasteiger charge is 2.39. The molecule has 0 saturated carbocycles. The zero-order chi connectivity index (χ0) is 23.1. The molecule has 2 rings (SSSR count). The monoisotopic (exact) mass is 461 g/mol. The van der Waals surface area contributed by atoms with E-state index in [1.807, 2.05) is 0 Å². The zero-order valence-corrected chi connectivity index (χ0v) is 17.0. The van der Waals surface area contributed by atoms with Crippen LogP contribution in [0.3, 0.4) is 0 Å². The van der Waals surface area contributed by atoms with Gasteiger partial charge in [0.15, 0.2) is 0 Å². The summed E-state index contributed by atoms with van der Waals surface area (Å²) in [6, 6.07) is 4.17. The van der Waals surface area contributed by atoms with Gasteiger partial charge in [0.2, 0.25) is 9.84 Å². The summed E-state index contributed by atoms with van der Waals surface area (Å²) in [5, 5.41) is 20.3. The molecule has 30 heavy (non-hydrogen) atoms. The Labute approximate surface area is 172 Å². The minimum atomic E-state index is -5.09. The van der Waals surface area contributed by atoms with Gasteiger partial charge in [-0.2, -0.15) is 18.4 Å². The van der Waals surface area contributed by atoms with Gasteiger partial charge in [-0.05, 0) is 38.1 Å². The molecule has 1 aromatic carbocycles. The van der Waals surface area contributed by atoms with E-state index >= 15 is 0 Å². The lowest BCUT2D eigenvalue weighted by Crippen LogP contribution is -2.36. The second-order valence-corrected chi connectivity index (χ2v) is 9.71. The zero-order valence-electron chi connectivity index (χ0n) is 15.4. The molecule has 0 aliphatic rings. The van der Waals surface area contributed by atoms with E-state index in [1.54, 1.807) is 0 Å². The number of nitrogens with one attached hydrogen (secondary N) is 1.